The Morgan fingerprint density at radius 3 is 1.95 bits per heavy atom. The maximum absolute atomic E-state index is 13.6. The van der Waals surface area contributed by atoms with E-state index in [0.717, 1.165) is 43.2 Å². The second-order valence-corrected chi connectivity index (χ2v) is 10.8. The zero-order valence-electron chi connectivity index (χ0n) is 25.7. The van der Waals surface area contributed by atoms with Gasteiger partial charge in [0.2, 0.25) is 5.75 Å². The van der Waals surface area contributed by atoms with Crippen LogP contribution in [0.15, 0.2) is 61.2 Å². The number of hydrogen-bond acceptors (Lipinski definition) is 9. The van der Waals surface area contributed by atoms with Crippen LogP contribution < -0.4 is 14.2 Å². The molecule has 44 heavy (non-hydrogen) atoms. The molecular weight excluding hydrogens is 562 g/mol. The fraction of sp³-hybridized carbons (Fsp3) is 0.441. The molecule has 1 fully saturated rings. The number of amides is 1. The number of ether oxygens (including phenoxy) is 4. The second-order valence-electron chi connectivity index (χ2n) is 10.8. The number of hydrogen-bond donors (Lipinski definition) is 0. The number of Topliss-reactive ketones (excluding diaryl/α,β-unsaturated/α-hetero) is 1. The molecule has 3 heterocycles. The zero-order valence-corrected chi connectivity index (χ0v) is 25.7. The molecule has 0 bridgehead atoms. The molecule has 234 valence electrons. The van der Waals surface area contributed by atoms with Crippen LogP contribution in [0.5, 0.6) is 17.2 Å². The Morgan fingerprint density at radius 2 is 1.45 bits per heavy atom. The van der Waals surface area contributed by atoms with Gasteiger partial charge in [0.15, 0.2) is 11.5 Å². The number of methoxy groups -OCH3 is 3. The van der Waals surface area contributed by atoms with E-state index in [2.05, 4.69) is 9.97 Å². The summed E-state index contributed by atoms with van der Waals surface area (Å²) in [5, 5.41) is 0. The Morgan fingerprint density at radius 1 is 0.864 bits per heavy atom. The van der Waals surface area contributed by atoms with E-state index in [1.165, 1.54) is 38.4 Å². The first-order valence-corrected chi connectivity index (χ1v) is 15.1. The molecular formula is C34H41N3O7. The number of carbonyl (C=O) groups excluding carboxylic acids is 3. The SMILES string of the molecule is COc1cc(C(=O)C(=O)N2CCCC[C@H]2C(=O)OC(CCCc2cccnc2)CCCc2cccnc2)cc(OC)c1OC. The van der Waals surface area contributed by atoms with Crippen LogP contribution in [0.3, 0.4) is 0 Å². The van der Waals surface area contributed by atoms with E-state index in [0.29, 0.717) is 38.0 Å². The van der Waals surface area contributed by atoms with Crippen LogP contribution >= 0.6 is 0 Å². The monoisotopic (exact) mass is 603 g/mol. The van der Waals surface area contributed by atoms with Crippen LogP contribution in [0.1, 0.15) is 66.4 Å². The minimum atomic E-state index is -0.832. The topological polar surface area (TPSA) is 117 Å². The van der Waals surface area contributed by atoms with E-state index < -0.39 is 23.7 Å². The summed E-state index contributed by atoms with van der Waals surface area (Å²) in [4.78, 5) is 50.3. The van der Waals surface area contributed by atoms with Crippen molar-refractivity contribution in [2.24, 2.45) is 0 Å². The average molecular weight is 604 g/mol. The van der Waals surface area contributed by atoms with Gasteiger partial charge in [-0.1, -0.05) is 12.1 Å². The fourth-order valence-electron chi connectivity index (χ4n) is 5.55. The van der Waals surface area contributed by atoms with Crippen molar-refractivity contribution in [3.8, 4) is 17.2 Å². The summed E-state index contributed by atoms with van der Waals surface area (Å²) < 4.78 is 22.2. The summed E-state index contributed by atoms with van der Waals surface area (Å²) in [5.41, 5.74) is 2.34. The first kappa shape index (κ1) is 32.4. The molecule has 0 saturated carbocycles. The molecule has 1 saturated heterocycles. The summed E-state index contributed by atoms with van der Waals surface area (Å²) in [6, 6.07) is 9.95. The minimum absolute atomic E-state index is 0.0888. The Balaban J connectivity index is 1.45. The van der Waals surface area contributed by atoms with Gasteiger partial charge >= 0.3 is 5.97 Å². The second kappa shape index (κ2) is 16.4. The highest BCUT2D eigenvalue weighted by Crippen LogP contribution is 2.38. The van der Waals surface area contributed by atoms with E-state index >= 15 is 0 Å². The number of nitrogens with zero attached hydrogens (tertiary/aromatic N) is 3. The number of pyridine rings is 2. The summed E-state index contributed by atoms with van der Waals surface area (Å²) in [7, 11) is 4.34. The van der Waals surface area contributed by atoms with E-state index in [4.69, 9.17) is 18.9 Å². The minimum Gasteiger partial charge on any atom is -0.493 e. The molecule has 1 amide bonds. The van der Waals surface area contributed by atoms with Gasteiger partial charge in [-0.2, -0.15) is 0 Å². The molecule has 1 aliphatic heterocycles. The van der Waals surface area contributed by atoms with Crippen LogP contribution in [0.25, 0.3) is 0 Å². The smallest absolute Gasteiger partial charge is 0.329 e. The summed E-state index contributed by atoms with van der Waals surface area (Å²) in [5.74, 6) is -1.14. The number of piperidine rings is 1. The van der Waals surface area contributed by atoms with Crippen molar-refractivity contribution in [2.45, 2.75) is 69.9 Å². The third-order valence-electron chi connectivity index (χ3n) is 7.87. The van der Waals surface area contributed by atoms with Crippen LogP contribution in [0.4, 0.5) is 0 Å². The van der Waals surface area contributed by atoms with Crippen molar-refractivity contribution >= 4 is 17.7 Å². The van der Waals surface area contributed by atoms with E-state index in [-0.39, 0.29) is 23.2 Å². The van der Waals surface area contributed by atoms with Crippen molar-refractivity contribution in [1.82, 2.24) is 14.9 Å². The summed E-state index contributed by atoms with van der Waals surface area (Å²) >= 11 is 0. The lowest BCUT2D eigenvalue weighted by Gasteiger charge is -2.34. The molecule has 10 nitrogen and oxygen atoms in total. The number of rotatable bonds is 15. The predicted molar refractivity (Wildman–Crippen MR) is 164 cm³/mol. The first-order valence-electron chi connectivity index (χ1n) is 15.1. The molecule has 0 spiro atoms. The molecule has 0 N–H and O–H groups in total. The van der Waals surface area contributed by atoms with Crippen LogP contribution in [-0.2, 0) is 27.2 Å². The molecule has 1 atom stereocenters. The average Bonchev–Trinajstić information content (AvgIpc) is 3.07. The highest BCUT2D eigenvalue weighted by Gasteiger charge is 2.37. The van der Waals surface area contributed by atoms with Crippen molar-refractivity contribution in [3.63, 3.8) is 0 Å². The Bertz CT molecular complexity index is 1310. The molecule has 0 radical (unpaired) electrons. The van der Waals surface area contributed by atoms with Crippen molar-refractivity contribution in [3.05, 3.63) is 77.9 Å². The quantitative estimate of drug-likeness (QED) is 0.134. The van der Waals surface area contributed by atoms with Crippen molar-refractivity contribution in [1.29, 1.82) is 0 Å². The molecule has 1 aliphatic rings. The first-order chi connectivity index (χ1) is 21.4. The molecule has 4 rings (SSSR count). The Kier molecular flexibility index (Phi) is 12.1. The fourth-order valence-corrected chi connectivity index (χ4v) is 5.55. The van der Waals surface area contributed by atoms with Gasteiger partial charge in [-0.15, -0.1) is 0 Å². The number of benzene rings is 1. The van der Waals surface area contributed by atoms with E-state index in [9.17, 15) is 14.4 Å². The van der Waals surface area contributed by atoms with E-state index in [1.807, 2.05) is 36.7 Å². The number of carbonyl (C=O) groups is 3. The highest BCUT2D eigenvalue weighted by atomic mass is 16.5. The van der Waals surface area contributed by atoms with Crippen LogP contribution in [-0.4, -0.2) is 72.5 Å². The maximum Gasteiger partial charge on any atom is 0.329 e. The van der Waals surface area contributed by atoms with Gasteiger partial charge in [0.25, 0.3) is 11.7 Å². The number of ketones is 1. The lowest BCUT2D eigenvalue weighted by atomic mass is 9.99. The largest absolute Gasteiger partial charge is 0.493 e. The maximum atomic E-state index is 13.6. The van der Waals surface area contributed by atoms with Gasteiger partial charge in [-0.3, -0.25) is 19.6 Å². The van der Waals surface area contributed by atoms with E-state index in [1.54, 1.807) is 12.4 Å². The normalized spacial score (nSPS) is 14.6. The summed E-state index contributed by atoms with van der Waals surface area (Å²) in [6.07, 6.45) is 13.4. The van der Waals surface area contributed by atoms with Gasteiger partial charge in [-0.25, -0.2) is 4.79 Å². The standard InChI is InChI=1S/C34H41N3O7/c1-41-29-20-26(21-30(42-2)32(29)43-3)31(38)33(39)37-19-5-4-16-28(37)34(40)44-27(14-6-10-24-12-8-17-35-22-24)15-7-11-25-13-9-18-36-23-25/h8-9,12-13,17-18,20-23,27-28H,4-7,10-11,14-16,19H2,1-3H3/t28-/m0/s1. The Labute approximate surface area is 258 Å². The van der Waals surface area contributed by atoms with Crippen LogP contribution in [0.2, 0.25) is 0 Å². The van der Waals surface area contributed by atoms with Gasteiger partial charge in [0.05, 0.1) is 21.3 Å². The zero-order chi connectivity index (χ0) is 31.3. The third kappa shape index (κ3) is 8.55. The number of likely N-dealkylation sites (tertiary alicyclic amines) is 1. The lowest BCUT2D eigenvalue weighted by Crippen LogP contribution is -2.51. The molecule has 10 heteroatoms. The van der Waals surface area contributed by atoms with Gasteiger partial charge in [0.1, 0.15) is 12.1 Å². The number of aromatic nitrogens is 2. The molecule has 0 unspecified atom stereocenters. The predicted octanol–water partition coefficient (Wildman–Crippen LogP) is 5.02. The van der Waals surface area contributed by atoms with Crippen molar-refractivity contribution in [2.75, 3.05) is 27.9 Å². The number of aryl methyl sites for hydroxylation is 2. The number of esters is 1. The van der Waals surface area contributed by atoms with Gasteiger partial charge in [0, 0.05) is 36.9 Å². The molecule has 0 aliphatic carbocycles. The highest BCUT2D eigenvalue weighted by molar-refractivity contribution is 6.43. The van der Waals surface area contributed by atoms with Gasteiger partial charge < -0.3 is 23.8 Å². The molecule has 3 aromatic rings. The van der Waals surface area contributed by atoms with Gasteiger partial charge in [-0.05, 0) is 93.2 Å². The Hall–Kier alpha value is -4.47. The summed E-state index contributed by atoms with van der Waals surface area (Å²) in [6.45, 7) is 0.293. The third-order valence-corrected chi connectivity index (χ3v) is 7.87. The molecule has 1 aromatic carbocycles. The lowest BCUT2D eigenvalue weighted by molar-refractivity contribution is -0.161. The van der Waals surface area contributed by atoms with Crippen LogP contribution in [0, 0.1) is 0 Å². The molecule has 2 aromatic heterocycles. The van der Waals surface area contributed by atoms with Crippen molar-refractivity contribution < 1.29 is 33.3 Å².